The summed E-state index contributed by atoms with van der Waals surface area (Å²) in [6, 6.07) is 1.46. The van der Waals surface area contributed by atoms with E-state index in [-0.39, 0.29) is 35.9 Å². The second-order valence-electron chi connectivity index (χ2n) is 10.7. The van der Waals surface area contributed by atoms with Gasteiger partial charge >= 0.3 is 6.09 Å². The maximum Gasteiger partial charge on any atom is 0.416 e. The van der Waals surface area contributed by atoms with Crippen LogP contribution >= 0.6 is 0 Å². The standard InChI is InChI=1S/C26H28FN7O5/c1-28-10-21-32-22-16-7-14(6-15(16)17(27)8-18(22)38-21)11-33-4-2-26(3-5-33)13-34(25(36)39-26)19-9-29-24-23(30-19)31-20(35)12-37-24/h8-9,14,28H,2-7,10-13H2,1H3,(H,30,31,35). The number of ether oxygens (including phenoxy) is 2. The summed E-state index contributed by atoms with van der Waals surface area (Å²) in [5.41, 5.74) is 2.38. The summed E-state index contributed by atoms with van der Waals surface area (Å²) in [4.78, 5) is 41.4. The van der Waals surface area contributed by atoms with Gasteiger partial charge in [0.2, 0.25) is 5.89 Å². The largest absolute Gasteiger partial charge is 0.465 e. The zero-order valence-corrected chi connectivity index (χ0v) is 21.5. The van der Waals surface area contributed by atoms with Crippen LogP contribution < -0.4 is 20.3 Å². The maximum absolute atomic E-state index is 14.9. The molecular weight excluding hydrogens is 509 g/mol. The second-order valence-corrected chi connectivity index (χ2v) is 10.7. The molecule has 1 aromatic carbocycles. The highest BCUT2D eigenvalue weighted by atomic mass is 19.1. The van der Waals surface area contributed by atoms with E-state index >= 15 is 0 Å². The zero-order valence-electron chi connectivity index (χ0n) is 21.5. The van der Waals surface area contributed by atoms with Gasteiger partial charge in [0.15, 0.2) is 23.8 Å². The third kappa shape index (κ3) is 4.25. The van der Waals surface area contributed by atoms with Gasteiger partial charge < -0.3 is 29.4 Å². The summed E-state index contributed by atoms with van der Waals surface area (Å²) in [6.07, 6.45) is 3.78. The third-order valence-electron chi connectivity index (χ3n) is 8.06. The first kappa shape index (κ1) is 24.2. The quantitative estimate of drug-likeness (QED) is 0.498. The van der Waals surface area contributed by atoms with Gasteiger partial charge in [-0.05, 0) is 36.9 Å². The number of benzene rings is 1. The van der Waals surface area contributed by atoms with E-state index < -0.39 is 11.7 Å². The molecule has 2 fully saturated rings. The molecule has 1 atom stereocenters. The number of amides is 2. The molecule has 3 aromatic rings. The van der Waals surface area contributed by atoms with Crippen molar-refractivity contribution < 1.29 is 27.9 Å². The lowest BCUT2D eigenvalue weighted by molar-refractivity contribution is -0.118. The van der Waals surface area contributed by atoms with Crippen molar-refractivity contribution in [2.45, 2.75) is 37.8 Å². The van der Waals surface area contributed by atoms with Crippen LogP contribution in [0.25, 0.3) is 11.1 Å². The van der Waals surface area contributed by atoms with Gasteiger partial charge in [0.05, 0.1) is 19.3 Å². The molecule has 1 aliphatic carbocycles. The minimum absolute atomic E-state index is 0.115. The Morgan fingerprint density at radius 3 is 2.85 bits per heavy atom. The molecule has 4 aliphatic rings. The first-order chi connectivity index (χ1) is 18.9. The number of carbonyl (C=O) groups is 2. The Kier molecular flexibility index (Phi) is 5.67. The predicted molar refractivity (Wildman–Crippen MR) is 136 cm³/mol. The molecule has 1 unspecified atom stereocenters. The number of oxazole rings is 1. The van der Waals surface area contributed by atoms with Crippen molar-refractivity contribution in [1.82, 2.24) is 25.2 Å². The summed E-state index contributed by atoms with van der Waals surface area (Å²) >= 11 is 0. The number of likely N-dealkylation sites (tertiary alicyclic amines) is 1. The fraction of sp³-hybridized carbons (Fsp3) is 0.500. The molecule has 13 heteroatoms. The van der Waals surface area contributed by atoms with Crippen LogP contribution in [0.1, 0.15) is 29.9 Å². The lowest BCUT2D eigenvalue weighted by Crippen LogP contribution is -2.48. The Labute approximate surface area is 222 Å². The molecule has 12 nitrogen and oxygen atoms in total. The van der Waals surface area contributed by atoms with Crippen LogP contribution in [0.5, 0.6) is 5.88 Å². The molecule has 7 rings (SSSR count). The summed E-state index contributed by atoms with van der Waals surface area (Å²) < 4.78 is 31.8. The summed E-state index contributed by atoms with van der Waals surface area (Å²) in [7, 11) is 1.82. The zero-order chi connectivity index (χ0) is 26.7. The van der Waals surface area contributed by atoms with Crippen LogP contribution in [-0.2, 0) is 28.9 Å². The topological polar surface area (TPSA) is 135 Å². The number of halogens is 1. The van der Waals surface area contributed by atoms with Gasteiger partial charge in [-0.15, -0.1) is 0 Å². The van der Waals surface area contributed by atoms with Gasteiger partial charge in [0, 0.05) is 38.5 Å². The molecule has 2 N–H and O–H groups in total. The molecule has 39 heavy (non-hydrogen) atoms. The fourth-order valence-corrected chi connectivity index (χ4v) is 6.18. The highest BCUT2D eigenvalue weighted by Crippen LogP contribution is 2.39. The lowest BCUT2D eigenvalue weighted by atomic mass is 9.90. The number of piperidine rings is 1. The fourth-order valence-electron chi connectivity index (χ4n) is 6.18. The van der Waals surface area contributed by atoms with E-state index in [1.54, 1.807) is 0 Å². The monoisotopic (exact) mass is 537 g/mol. The second kappa shape index (κ2) is 9.12. The molecule has 2 saturated heterocycles. The predicted octanol–water partition coefficient (Wildman–Crippen LogP) is 2.01. The average molecular weight is 538 g/mol. The number of nitrogens with zero attached hydrogens (tertiary/aromatic N) is 5. The summed E-state index contributed by atoms with van der Waals surface area (Å²) in [6.45, 7) is 3.11. The Morgan fingerprint density at radius 2 is 2.03 bits per heavy atom. The highest BCUT2D eigenvalue weighted by molar-refractivity contribution is 5.94. The van der Waals surface area contributed by atoms with Crippen LogP contribution in [-0.4, -0.2) is 77.3 Å². The maximum atomic E-state index is 14.9. The number of carbonyl (C=O) groups excluding carboxylic acids is 2. The average Bonchev–Trinajstić information content (AvgIpc) is 3.61. The Morgan fingerprint density at radius 1 is 1.21 bits per heavy atom. The van der Waals surface area contributed by atoms with Crippen LogP contribution in [0.2, 0.25) is 0 Å². The molecule has 1 spiro atoms. The number of nitrogens with one attached hydrogen (secondary N) is 2. The molecule has 0 radical (unpaired) electrons. The van der Waals surface area contributed by atoms with Crippen molar-refractivity contribution >= 4 is 34.7 Å². The number of rotatable bonds is 5. The molecule has 2 amide bonds. The minimum atomic E-state index is -0.605. The van der Waals surface area contributed by atoms with Crippen molar-refractivity contribution in [3.8, 4) is 5.88 Å². The molecule has 2 aromatic heterocycles. The Hall–Kier alpha value is -3.84. The molecule has 5 heterocycles. The Balaban J connectivity index is 0.995. The van der Waals surface area contributed by atoms with Crippen LogP contribution in [0, 0.1) is 11.7 Å². The van der Waals surface area contributed by atoms with Crippen LogP contribution in [0.4, 0.5) is 20.8 Å². The molecular formula is C26H28FN7O5. The van der Waals surface area contributed by atoms with Gasteiger partial charge in [-0.3, -0.25) is 9.69 Å². The van der Waals surface area contributed by atoms with Gasteiger partial charge in [-0.2, -0.15) is 0 Å². The molecule has 204 valence electrons. The van der Waals surface area contributed by atoms with Gasteiger partial charge in [0.1, 0.15) is 16.9 Å². The van der Waals surface area contributed by atoms with Gasteiger partial charge in [-0.1, -0.05) is 0 Å². The van der Waals surface area contributed by atoms with Gasteiger partial charge in [-0.25, -0.2) is 24.1 Å². The van der Waals surface area contributed by atoms with E-state index in [0.717, 1.165) is 42.7 Å². The first-order valence-electron chi connectivity index (χ1n) is 13.2. The lowest BCUT2D eigenvalue weighted by Gasteiger charge is -2.38. The number of hydrogen-bond donors (Lipinski definition) is 2. The third-order valence-corrected chi connectivity index (χ3v) is 8.06. The van der Waals surface area contributed by atoms with E-state index in [1.807, 2.05) is 7.05 Å². The van der Waals surface area contributed by atoms with Crippen molar-refractivity contribution in [3.05, 3.63) is 35.1 Å². The van der Waals surface area contributed by atoms with E-state index in [9.17, 15) is 14.0 Å². The molecule has 0 saturated carbocycles. The van der Waals surface area contributed by atoms with Gasteiger partial charge in [0.25, 0.3) is 11.8 Å². The smallest absolute Gasteiger partial charge is 0.416 e. The summed E-state index contributed by atoms with van der Waals surface area (Å²) in [5, 5.41) is 5.64. The van der Waals surface area contributed by atoms with Crippen molar-refractivity contribution in [3.63, 3.8) is 0 Å². The van der Waals surface area contributed by atoms with Crippen molar-refractivity contribution in [1.29, 1.82) is 0 Å². The van der Waals surface area contributed by atoms with E-state index in [1.165, 1.54) is 17.2 Å². The van der Waals surface area contributed by atoms with E-state index in [4.69, 9.17) is 13.9 Å². The van der Waals surface area contributed by atoms with E-state index in [0.29, 0.717) is 49.6 Å². The van der Waals surface area contributed by atoms with Crippen molar-refractivity contribution in [2.24, 2.45) is 5.92 Å². The van der Waals surface area contributed by atoms with E-state index in [2.05, 4.69) is 30.5 Å². The van der Waals surface area contributed by atoms with Crippen LogP contribution in [0.3, 0.4) is 0 Å². The highest BCUT2D eigenvalue weighted by Gasteiger charge is 2.48. The minimum Gasteiger partial charge on any atom is -0.465 e. The van der Waals surface area contributed by atoms with Crippen LogP contribution in [0.15, 0.2) is 16.7 Å². The summed E-state index contributed by atoms with van der Waals surface area (Å²) in [5.74, 6) is 1.03. The van der Waals surface area contributed by atoms with Crippen molar-refractivity contribution in [2.75, 3.05) is 50.1 Å². The number of hydrogen-bond acceptors (Lipinski definition) is 10. The Bertz CT molecular complexity index is 1490. The SMILES string of the molecule is CNCc1nc2c3c(c(F)cc2o1)CC(CN1CCC2(CC1)CN(c1cnc4c(n1)NC(=O)CO4)C(=O)O2)C3. The number of fused-ring (bicyclic) bond motifs is 4. The molecule has 0 bridgehead atoms. The molecule has 3 aliphatic heterocycles. The first-order valence-corrected chi connectivity index (χ1v) is 13.2. The number of anilines is 2. The number of aromatic nitrogens is 3. The normalized spacial score (nSPS) is 22.1.